The van der Waals surface area contributed by atoms with Gasteiger partial charge in [-0.3, -0.25) is 0 Å². The minimum atomic E-state index is 0.160. The number of aliphatic hydroxyl groups is 2. The Morgan fingerprint density at radius 3 is 1.38 bits per heavy atom. The maximum Gasteiger partial charge on any atom is 0.133 e. The van der Waals surface area contributed by atoms with Crippen molar-refractivity contribution in [3.8, 4) is 0 Å². The standard InChI is InChI=1S/C11H20O2/c1-6(2)8-5-9(7(3)4)11(13)10(8)12/h6-9,12-13H,5H2,1-4H3. The second-order valence-corrected chi connectivity index (χ2v) is 4.71. The molecule has 1 rings (SSSR count). The molecule has 2 nitrogen and oxygen atoms in total. The van der Waals surface area contributed by atoms with E-state index in [1.54, 1.807) is 0 Å². The minimum absolute atomic E-state index is 0.160. The molecule has 0 aromatic heterocycles. The lowest BCUT2D eigenvalue weighted by Crippen LogP contribution is -2.11. The van der Waals surface area contributed by atoms with Gasteiger partial charge in [-0.2, -0.15) is 0 Å². The third-order valence-corrected chi connectivity index (χ3v) is 3.08. The molecule has 0 radical (unpaired) electrons. The van der Waals surface area contributed by atoms with E-state index in [4.69, 9.17) is 0 Å². The fourth-order valence-electron chi connectivity index (χ4n) is 2.05. The van der Waals surface area contributed by atoms with Crippen LogP contribution in [0.1, 0.15) is 34.1 Å². The van der Waals surface area contributed by atoms with Crippen molar-refractivity contribution >= 4 is 0 Å². The van der Waals surface area contributed by atoms with Crippen LogP contribution in [-0.2, 0) is 0 Å². The molecule has 0 heterocycles. The zero-order valence-electron chi connectivity index (χ0n) is 8.91. The lowest BCUT2D eigenvalue weighted by Gasteiger charge is -2.17. The third-order valence-electron chi connectivity index (χ3n) is 3.08. The van der Waals surface area contributed by atoms with Crippen molar-refractivity contribution in [1.29, 1.82) is 0 Å². The van der Waals surface area contributed by atoms with Crippen LogP contribution in [0.5, 0.6) is 0 Å². The SMILES string of the molecule is CC(C)C1CC(C(C)C)C(O)=C1O. The molecule has 0 spiro atoms. The van der Waals surface area contributed by atoms with Crippen LogP contribution < -0.4 is 0 Å². The zero-order valence-corrected chi connectivity index (χ0v) is 8.91. The first-order chi connectivity index (χ1) is 5.95. The third kappa shape index (κ3) is 1.82. The van der Waals surface area contributed by atoms with Gasteiger partial charge in [-0.15, -0.1) is 0 Å². The van der Waals surface area contributed by atoms with Gasteiger partial charge in [-0.05, 0) is 18.3 Å². The Labute approximate surface area is 80.3 Å². The number of allylic oxidation sites excluding steroid dienone is 2. The normalized spacial score (nSPS) is 29.4. The summed E-state index contributed by atoms with van der Waals surface area (Å²) in [7, 11) is 0. The maximum absolute atomic E-state index is 9.68. The summed E-state index contributed by atoms with van der Waals surface area (Å²) in [5.74, 6) is 1.60. The van der Waals surface area contributed by atoms with Crippen LogP contribution in [0.25, 0.3) is 0 Å². The highest BCUT2D eigenvalue weighted by atomic mass is 16.3. The van der Waals surface area contributed by atoms with Crippen LogP contribution in [0.15, 0.2) is 11.5 Å². The van der Waals surface area contributed by atoms with Crippen LogP contribution in [0, 0.1) is 23.7 Å². The van der Waals surface area contributed by atoms with Gasteiger partial charge in [0.15, 0.2) is 0 Å². The molecule has 1 aliphatic rings. The van der Waals surface area contributed by atoms with Gasteiger partial charge < -0.3 is 10.2 Å². The minimum Gasteiger partial charge on any atom is -0.509 e. The topological polar surface area (TPSA) is 40.5 Å². The van der Waals surface area contributed by atoms with E-state index in [2.05, 4.69) is 27.7 Å². The molecule has 0 aromatic carbocycles. The summed E-state index contributed by atoms with van der Waals surface area (Å²) in [6.07, 6.45) is 0.896. The first-order valence-electron chi connectivity index (χ1n) is 5.07. The average molecular weight is 184 g/mol. The molecule has 13 heavy (non-hydrogen) atoms. The summed E-state index contributed by atoms with van der Waals surface area (Å²) in [4.78, 5) is 0. The summed E-state index contributed by atoms with van der Waals surface area (Å²) >= 11 is 0. The number of hydrogen-bond donors (Lipinski definition) is 2. The van der Waals surface area contributed by atoms with Crippen LogP contribution >= 0.6 is 0 Å². The summed E-state index contributed by atoms with van der Waals surface area (Å²) in [6, 6.07) is 0. The van der Waals surface area contributed by atoms with Gasteiger partial charge in [0.2, 0.25) is 0 Å². The number of rotatable bonds is 2. The quantitative estimate of drug-likeness (QED) is 0.691. The van der Waals surface area contributed by atoms with Crippen LogP contribution in [0.4, 0.5) is 0 Å². The summed E-state index contributed by atoms with van der Waals surface area (Å²) in [5, 5.41) is 19.4. The summed E-state index contributed by atoms with van der Waals surface area (Å²) in [6.45, 7) is 8.32. The monoisotopic (exact) mass is 184 g/mol. The van der Waals surface area contributed by atoms with Gasteiger partial charge in [-0.25, -0.2) is 0 Å². The van der Waals surface area contributed by atoms with Crippen LogP contribution in [0.3, 0.4) is 0 Å². The molecule has 76 valence electrons. The predicted molar refractivity (Wildman–Crippen MR) is 53.6 cm³/mol. The second-order valence-electron chi connectivity index (χ2n) is 4.71. The fourth-order valence-corrected chi connectivity index (χ4v) is 2.05. The Bertz CT molecular complexity index is 194. The highest BCUT2D eigenvalue weighted by Crippen LogP contribution is 2.41. The molecule has 0 fully saturated rings. The van der Waals surface area contributed by atoms with Crippen molar-refractivity contribution in [2.75, 3.05) is 0 Å². The smallest absolute Gasteiger partial charge is 0.133 e. The van der Waals surface area contributed by atoms with Crippen molar-refractivity contribution in [2.24, 2.45) is 23.7 Å². The van der Waals surface area contributed by atoms with Crippen molar-refractivity contribution in [3.63, 3.8) is 0 Å². The van der Waals surface area contributed by atoms with Gasteiger partial charge in [0.25, 0.3) is 0 Å². The van der Waals surface area contributed by atoms with Gasteiger partial charge in [-0.1, -0.05) is 27.7 Å². The van der Waals surface area contributed by atoms with Gasteiger partial charge in [0.1, 0.15) is 11.5 Å². The average Bonchev–Trinajstić information content (AvgIpc) is 2.29. The predicted octanol–water partition coefficient (Wildman–Crippen LogP) is 3.26. The van der Waals surface area contributed by atoms with E-state index in [-0.39, 0.29) is 23.4 Å². The van der Waals surface area contributed by atoms with E-state index >= 15 is 0 Å². The molecule has 2 heteroatoms. The van der Waals surface area contributed by atoms with E-state index in [9.17, 15) is 10.2 Å². The molecule has 0 bridgehead atoms. The summed E-state index contributed by atoms with van der Waals surface area (Å²) < 4.78 is 0. The van der Waals surface area contributed by atoms with Gasteiger partial charge >= 0.3 is 0 Å². The largest absolute Gasteiger partial charge is 0.509 e. The molecule has 2 unspecified atom stereocenters. The van der Waals surface area contributed by atoms with Crippen molar-refractivity contribution in [1.82, 2.24) is 0 Å². The number of hydrogen-bond acceptors (Lipinski definition) is 2. The lowest BCUT2D eigenvalue weighted by molar-refractivity contribution is 0.271. The van der Waals surface area contributed by atoms with E-state index < -0.39 is 0 Å². The first-order valence-corrected chi connectivity index (χ1v) is 5.07. The Balaban J connectivity index is 2.81. The summed E-state index contributed by atoms with van der Waals surface area (Å²) in [5.41, 5.74) is 0. The fraction of sp³-hybridized carbons (Fsp3) is 0.818. The molecule has 0 aromatic rings. The molecule has 0 saturated carbocycles. The zero-order chi connectivity index (χ0) is 10.2. The van der Waals surface area contributed by atoms with Gasteiger partial charge in [0, 0.05) is 11.8 Å². The second kappa shape index (κ2) is 3.60. The molecule has 0 amide bonds. The lowest BCUT2D eigenvalue weighted by atomic mass is 9.87. The molecule has 2 N–H and O–H groups in total. The first kappa shape index (κ1) is 10.4. The van der Waals surface area contributed by atoms with E-state index in [1.165, 1.54) is 0 Å². The molecule has 1 aliphatic carbocycles. The highest BCUT2D eigenvalue weighted by Gasteiger charge is 2.36. The number of aliphatic hydroxyl groups excluding tert-OH is 2. The van der Waals surface area contributed by atoms with Gasteiger partial charge in [0.05, 0.1) is 0 Å². The van der Waals surface area contributed by atoms with Crippen LogP contribution in [0.2, 0.25) is 0 Å². The molecule has 0 saturated heterocycles. The maximum atomic E-state index is 9.68. The Morgan fingerprint density at radius 2 is 1.23 bits per heavy atom. The van der Waals surface area contributed by atoms with Crippen molar-refractivity contribution in [2.45, 2.75) is 34.1 Å². The molecule has 0 aliphatic heterocycles. The van der Waals surface area contributed by atoms with E-state index in [0.717, 1.165) is 6.42 Å². The molecular weight excluding hydrogens is 164 g/mol. The molecule has 2 atom stereocenters. The molecular formula is C11H20O2. The highest BCUT2D eigenvalue weighted by molar-refractivity contribution is 5.15. The Hall–Kier alpha value is -0.660. The Kier molecular flexibility index (Phi) is 2.89. The van der Waals surface area contributed by atoms with Crippen molar-refractivity contribution < 1.29 is 10.2 Å². The van der Waals surface area contributed by atoms with E-state index in [0.29, 0.717) is 11.8 Å². The Morgan fingerprint density at radius 1 is 0.923 bits per heavy atom. The van der Waals surface area contributed by atoms with E-state index in [1.807, 2.05) is 0 Å². The van der Waals surface area contributed by atoms with Crippen molar-refractivity contribution in [3.05, 3.63) is 11.5 Å². The van der Waals surface area contributed by atoms with Crippen LogP contribution in [-0.4, -0.2) is 10.2 Å².